The first-order valence-electron chi connectivity index (χ1n) is 10.9. The van der Waals surface area contributed by atoms with Crippen molar-refractivity contribution < 1.29 is 9.53 Å². The lowest BCUT2D eigenvalue weighted by Gasteiger charge is -2.29. The number of morpholine rings is 1. The highest BCUT2D eigenvalue weighted by Crippen LogP contribution is 2.26. The molecule has 0 spiro atoms. The van der Waals surface area contributed by atoms with Crippen molar-refractivity contribution in [2.75, 3.05) is 39.4 Å². The Hall–Kier alpha value is -1.90. The molecule has 30 heavy (non-hydrogen) atoms. The molecule has 1 atom stereocenters. The van der Waals surface area contributed by atoms with Crippen LogP contribution in [0.5, 0.6) is 0 Å². The summed E-state index contributed by atoms with van der Waals surface area (Å²) in [5.41, 5.74) is 1.21. The maximum atomic E-state index is 12.9. The maximum absolute atomic E-state index is 12.9. The first kappa shape index (κ1) is 21.3. The van der Waals surface area contributed by atoms with Crippen molar-refractivity contribution in [3.05, 3.63) is 41.7 Å². The second-order valence-electron chi connectivity index (χ2n) is 8.01. The van der Waals surface area contributed by atoms with Gasteiger partial charge in [-0.1, -0.05) is 48.5 Å². The lowest BCUT2D eigenvalue weighted by Crippen LogP contribution is -2.44. The molecule has 0 radical (unpaired) electrons. The Morgan fingerprint density at radius 3 is 2.50 bits per heavy atom. The molecule has 2 saturated heterocycles. The number of likely N-dealkylation sites (tertiary alicyclic amines) is 1. The van der Waals surface area contributed by atoms with Crippen LogP contribution < -0.4 is 0 Å². The summed E-state index contributed by atoms with van der Waals surface area (Å²) in [6.07, 6.45) is 3.81. The van der Waals surface area contributed by atoms with Crippen molar-refractivity contribution in [2.45, 2.75) is 49.7 Å². The highest BCUT2D eigenvalue weighted by molar-refractivity contribution is 8.00. The van der Waals surface area contributed by atoms with E-state index in [2.05, 4.69) is 43.9 Å². The van der Waals surface area contributed by atoms with E-state index in [-0.39, 0.29) is 11.2 Å². The molecule has 3 heterocycles. The predicted octanol–water partition coefficient (Wildman–Crippen LogP) is 2.65. The lowest BCUT2D eigenvalue weighted by molar-refractivity contribution is -0.134. The van der Waals surface area contributed by atoms with Crippen molar-refractivity contribution in [1.29, 1.82) is 0 Å². The maximum Gasteiger partial charge on any atom is 0.236 e. The normalized spacial score (nSPS) is 19.0. The van der Waals surface area contributed by atoms with Crippen LogP contribution in [0.2, 0.25) is 0 Å². The predicted molar refractivity (Wildman–Crippen MR) is 117 cm³/mol. The molecule has 0 bridgehead atoms. The van der Waals surface area contributed by atoms with Crippen LogP contribution in [0.4, 0.5) is 0 Å². The van der Waals surface area contributed by atoms with Crippen molar-refractivity contribution in [2.24, 2.45) is 0 Å². The molecule has 0 N–H and O–H groups in total. The zero-order valence-corrected chi connectivity index (χ0v) is 18.5. The molecular formula is C22H31N5O2S. The number of hydrogen-bond acceptors (Lipinski definition) is 6. The summed E-state index contributed by atoms with van der Waals surface area (Å²) in [4.78, 5) is 17.2. The highest BCUT2D eigenvalue weighted by atomic mass is 32.2. The largest absolute Gasteiger partial charge is 0.378 e. The van der Waals surface area contributed by atoms with Gasteiger partial charge >= 0.3 is 0 Å². The third-order valence-electron chi connectivity index (χ3n) is 5.74. The van der Waals surface area contributed by atoms with E-state index in [9.17, 15) is 4.79 Å². The Morgan fingerprint density at radius 2 is 1.77 bits per heavy atom. The van der Waals surface area contributed by atoms with Gasteiger partial charge < -0.3 is 14.2 Å². The molecule has 0 saturated carbocycles. The van der Waals surface area contributed by atoms with Gasteiger partial charge in [-0.15, -0.1) is 10.2 Å². The van der Waals surface area contributed by atoms with Gasteiger partial charge in [-0.05, 0) is 38.4 Å². The molecular weight excluding hydrogens is 398 g/mol. The molecule has 2 aliphatic rings. The molecule has 1 unspecified atom stereocenters. The third kappa shape index (κ3) is 5.42. The van der Waals surface area contributed by atoms with Gasteiger partial charge in [-0.25, -0.2) is 0 Å². The fourth-order valence-electron chi connectivity index (χ4n) is 4.01. The minimum atomic E-state index is -0.204. The van der Waals surface area contributed by atoms with Gasteiger partial charge in [0, 0.05) is 13.1 Å². The van der Waals surface area contributed by atoms with E-state index in [1.54, 1.807) is 0 Å². The Morgan fingerprint density at radius 1 is 1.03 bits per heavy atom. The summed E-state index contributed by atoms with van der Waals surface area (Å²) in [5.74, 6) is 1.13. The minimum Gasteiger partial charge on any atom is -0.378 e. The second-order valence-corrected chi connectivity index (χ2v) is 9.31. The monoisotopic (exact) mass is 429 g/mol. The lowest BCUT2D eigenvalue weighted by atomic mass is 10.1. The van der Waals surface area contributed by atoms with Gasteiger partial charge in [0.05, 0.1) is 31.6 Å². The number of piperidine rings is 1. The number of ether oxygens (including phenoxy) is 1. The van der Waals surface area contributed by atoms with Crippen LogP contribution in [0.1, 0.15) is 37.6 Å². The number of thioether (sulfide) groups is 1. The molecule has 1 amide bonds. The Kier molecular flexibility index (Phi) is 7.41. The first-order valence-corrected chi connectivity index (χ1v) is 11.8. The number of carbonyl (C=O) groups excluding carboxylic acids is 1. The molecule has 7 nitrogen and oxygen atoms in total. The van der Waals surface area contributed by atoms with Crippen LogP contribution in [0.25, 0.3) is 0 Å². The summed E-state index contributed by atoms with van der Waals surface area (Å²) in [7, 11) is 0. The quantitative estimate of drug-likeness (QED) is 0.631. The van der Waals surface area contributed by atoms with Gasteiger partial charge in [0.1, 0.15) is 5.82 Å². The Balaban J connectivity index is 1.51. The SMILES string of the molecule is CC(Sc1nnc(CN2CCCCC2)n1Cc1ccccc1)C(=O)N1CCOCC1. The summed E-state index contributed by atoms with van der Waals surface area (Å²) >= 11 is 1.51. The number of aromatic nitrogens is 3. The van der Waals surface area contributed by atoms with Gasteiger partial charge in [-0.2, -0.15) is 0 Å². The number of nitrogens with zero attached hydrogens (tertiary/aromatic N) is 5. The highest BCUT2D eigenvalue weighted by Gasteiger charge is 2.26. The number of amides is 1. The molecule has 0 aliphatic carbocycles. The Labute approximate surface area is 182 Å². The van der Waals surface area contributed by atoms with Crippen LogP contribution >= 0.6 is 11.8 Å². The zero-order chi connectivity index (χ0) is 20.8. The van der Waals surface area contributed by atoms with Gasteiger partial charge in [-0.3, -0.25) is 9.69 Å². The molecule has 162 valence electrons. The topological polar surface area (TPSA) is 63.5 Å². The number of rotatable bonds is 7. The fourth-order valence-corrected chi connectivity index (χ4v) is 4.97. The van der Waals surface area contributed by atoms with E-state index in [4.69, 9.17) is 4.74 Å². The van der Waals surface area contributed by atoms with E-state index >= 15 is 0 Å². The zero-order valence-electron chi connectivity index (χ0n) is 17.7. The van der Waals surface area contributed by atoms with Gasteiger partial charge in [0.2, 0.25) is 5.91 Å². The number of hydrogen-bond donors (Lipinski definition) is 0. The van der Waals surface area contributed by atoms with E-state index in [0.717, 1.165) is 37.2 Å². The van der Waals surface area contributed by atoms with Crippen LogP contribution in [-0.4, -0.2) is 75.1 Å². The molecule has 1 aromatic carbocycles. The molecule has 2 aliphatic heterocycles. The summed E-state index contributed by atoms with van der Waals surface area (Å²) in [5, 5.41) is 9.65. The Bertz CT molecular complexity index is 816. The van der Waals surface area contributed by atoms with Gasteiger partial charge in [0.15, 0.2) is 5.16 Å². The summed E-state index contributed by atoms with van der Waals surface area (Å²) in [6.45, 7) is 8.30. The number of carbonyl (C=O) groups is 1. The third-order valence-corrected chi connectivity index (χ3v) is 6.81. The van der Waals surface area contributed by atoms with Gasteiger partial charge in [0.25, 0.3) is 0 Å². The van der Waals surface area contributed by atoms with Crippen LogP contribution in [0.3, 0.4) is 0 Å². The van der Waals surface area contributed by atoms with Crippen LogP contribution in [-0.2, 0) is 22.6 Å². The summed E-state index contributed by atoms with van der Waals surface area (Å²) < 4.78 is 7.57. The van der Waals surface area contributed by atoms with E-state index < -0.39 is 0 Å². The smallest absolute Gasteiger partial charge is 0.236 e. The van der Waals surface area contributed by atoms with Crippen molar-refractivity contribution in [1.82, 2.24) is 24.6 Å². The molecule has 2 aromatic rings. The minimum absolute atomic E-state index is 0.148. The van der Waals surface area contributed by atoms with Crippen molar-refractivity contribution in [3.8, 4) is 0 Å². The number of benzene rings is 1. The van der Waals surface area contributed by atoms with E-state index in [0.29, 0.717) is 26.3 Å². The average Bonchev–Trinajstić information content (AvgIpc) is 3.16. The van der Waals surface area contributed by atoms with Crippen LogP contribution in [0.15, 0.2) is 35.5 Å². The average molecular weight is 430 g/mol. The van der Waals surface area contributed by atoms with E-state index in [1.165, 1.54) is 36.6 Å². The standard InChI is InChI=1S/C22H31N5O2S/c1-18(21(28)26-12-14-29-15-13-26)30-22-24-23-20(17-25-10-6-3-7-11-25)27(22)16-19-8-4-2-5-9-19/h2,4-5,8-9,18H,3,6-7,10-17H2,1H3. The molecule has 8 heteroatoms. The van der Waals surface area contributed by atoms with Crippen molar-refractivity contribution >= 4 is 17.7 Å². The molecule has 4 rings (SSSR count). The van der Waals surface area contributed by atoms with Crippen LogP contribution in [0, 0.1) is 0 Å². The first-order chi connectivity index (χ1) is 14.7. The molecule has 2 fully saturated rings. The second kappa shape index (κ2) is 10.4. The fraction of sp³-hybridized carbons (Fsp3) is 0.591. The van der Waals surface area contributed by atoms with Crippen molar-refractivity contribution in [3.63, 3.8) is 0 Å². The summed E-state index contributed by atoms with van der Waals surface area (Å²) in [6, 6.07) is 10.4. The van der Waals surface area contributed by atoms with E-state index in [1.807, 2.05) is 17.9 Å². The molecule has 1 aromatic heterocycles.